The Morgan fingerprint density at radius 2 is 2.33 bits per heavy atom. The molecule has 12 heavy (non-hydrogen) atoms. The molecule has 1 aromatic carbocycles. The van der Waals surface area contributed by atoms with Crippen LogP contribution in [0.5, 0.6) is 0 Å². The smallest absolute Gasteiger partial charge is 0.221 e. The highest BCUT2D eigenvalue weighted by Gasteiger charge is 2.05. The van der Waals surface area contributed by atoms with E-state index in [2.05, 4.69) is 17.6 Å². The number of thiol groups is 1. The van der Waals surface area contributed by atoms with Crippen LogP contribution in [0.1, 0.15) is 5.89 Å². The van der Waals surface area contributed by atoms with Gasteiger partial charge in [-0.25, -0.2) is 4.98 Å². The summed E-state index contributed by atoms with van der Waals surface area (Å²) in [5.74, 6) is 0.325. The van der Waals surface area contributed by atoms with Gasteiger partial charge in [0.05, 0.1) is 0 Å². The lowest BCUT2D eigenvalue weighted by Gasteiger charge is -1.87. The van der Waals surface area contributed by atoms with Gasteiger partial charge in [0.1, 0.15) is 12.1 Å². The average Bonchev–Trinajstić information content (AvgIpc) is 2.49. The van der Waals surface area contributed by atoms with Crippen molar-refractivity contribution in [3.8, 4) is 0 Å². The van der Waals surface area contributed by atoms with Gasteiger partial charge < -0.3 is 9.52 Å². The number of aromatic nitrogens is 1. The summed E-state index contributed by atoms with van der Waals surface area (Å²) in [6.07, 6.45) is 0. The predicted octanol–water partition coefficient (Wildman–Crippen LogP) is 1.61. The Labute approximate surface area is 74.4 Å². The van der Waals surface area contributed by atoms with Crippen LogP contribution in [0.4, 0.5) is 0 Å². The molecule has 0 radical (unpaired) electrons. The summed E-state index contributed by atoms with van der Waals surface area (Å²) >= 11 is 4.20. The Morgan fingerprint density at radius 1 is 1.50 bits per heavy atom. The molecule has 0 aliphatic carbocycles. The van der Waals surface area contributed by atoms with Gasteiger partial charge >= 0.3 is 0 Å². The van der Waals surface area contributed by atoms with Gasteiger partial charge in [0.25, 0.3) is 0 Å². The van der Waals surface area contributed by atoms with Gasteiger partial charge in [0, 0.05) is 4.90 Å². The topological polar surface area (TPSA) is 46.3 Å². The SMILES string of the molecule is OCc1nc2c(S)cccc2o1. The van der Waals surface area contributed by atoms with E-state index in [4.69, 9.17) is 9.52 Å². The molecule has 1 N–H and O–H groups in total. The van der Waals surface area contributed by atoms with Gasteiger partial charge in [-0.3, -0.25) is 0 Å². The molecule has 0 atom stereocenters. The number of nitrogens with zero attached hydrogens (tertiary/aromatic N) is 1. The third-order valence-corrected chi connectivity index (χ3v) is 1.94. The zero-order chi connectivity index (χ0) is 8.55. The zero-order valence-electron chi connectivity index (χ0n) is 6.19. The second kappa shape index (κ2) is 2.80. The lowest BCUT2D eigenvalue weighted by molar-refractivity contribution is 0.244. The van der Waals surface area contributed by atoms with E-state index in [9.17, 15) is 0 Å². The zero-order valence-corrected chi connectivity index (χ0v) is 7.08. The number of oxazole rings is 1. The van der Waals surface area contributed by atoms with E-state index in [1.807, 2.05) is 12.1 Å². The fourth-order valence-corrected chi connectivity index (χ4v) is 1.29. The number of benzene rings is 1. The fraction of sp³-hybridized carbons (Fsp3) is 0.125. The number of rotatable bonds is 1. The van der Waals surface area contributed by atoms with Crippen LogP contribution < -0.4 is 0 Å². The number of para-hydroxylation sites is 1. The van der Waals surface area contributed by atoms with E-state index in [1.54, 1.807) is 6.07 Å². The first kappa shape index (κ1) is 7.64. The van der Waals surface area contributed by atoms with Crippen LogP contribution in [-0.4, -0.2) is 10.1 Å². The Kier molecular flexibility index (Phi) is 1.78. The molecule has 0 spiro atoms. The summed E-state index contributed by atoms with van der Waals surface area (Å²) in [4.78, 5) is 4.80. The molecular weight excluding hydrogens is 174 g/mol. The van der Waals surface area contributed by atoms with Crippen molar-refractivity contribution in [1.29, 1.82) is 0 Å². The van der Waals surface area contributed by atoms with Crippen LogP contribution in [0.2, 0.25) is 0 Å². The predicted molar refractivity (Wildman–Crippen MR) is 47.2 cm³/mol. The van der Waals surface area contributed by atoms with Gasteiger partial charge in [0.2, 0.25) is 5.89 Å². The van der Waals surface area contributed by atoms with Gasteiger partial charge in [0.15, 0.2) is 5.58 Å². The molecule has 62 valence electrons. The van der Waals surface area contributed by atoms with Crippen LogP contribution in [0.3, 0.4) is 0 Å². The van der Waals surface area contributed by atoms with E-state index >= 15 is 0 Å². The number of hydrogen-bond acceptors (Lipinski definition) is 4. The van der Waals surface area contributed by atoms with E-state index in [-0.39, 0.29) is 6.61 Å². The normalized spacial score (nSPS) is 10.8. The van der Waals surface area contributed by atoms with Crippen molar-refractivity contribution in [3.05, 3.63) is 24.1 Å². The number of aliphatic hydroxyl groups is 1. The molecule has 0 saturated carbocycles. The first-order valence-corrected chi connectivity index (χ1v) is 3.94. The third-order valence-electron chi connectivity index (χ3n) is 1.58. The molecule has 0 amide bonds. The molecule has 0 bridgehead atoms. The molecule has 0 saturated heterocycles. The summed E-state index contributed by atoms with van der Waals surface area (Å²) in [7, 11) is 0. The third kappa shape index (κ3) is 1.09. The maximum absolute atomic E-state index is 8.75. The minimum atomic E-state index is -0.179. The van der Waals surface area contributed by atoms with Crippen molar-refractivity contribution in [2.24, 2.45) is 0 Å². The highest BCUT2D eigenvalue weighted by Crippen LogP contribution is 2.21. The van der Waals surface area contributed by atoms with Crippen LogP contribution in [0, 0.1) is 0 Å². The first-order chi connectivity index (χ1) is 5.81. The highest BCUT2D eigenvalue weighted by atomic mass is 32.1. The molecule has 1 heterocycles. The van der Waals surface area contributed by atoms with Crippen molar-refractivity contribution in [3.63, 3.8) is 0 Å². The Hall–Kier alpha value is -1.00. The van der Waals surface area contributed by atoms with Crippen molar-refractivity contribution in [1.82, 2.24) is 4.98 Å². The summed E-state index contributed by atoms with van der Waals surface area (Å²) < 4.78 is 5.19. The van der Waals surface area contributed by atoms with Crippen LogP contribution in [-0.2, 0) is 6.61 Å². The maximum atomic E-state index is 8.75. The van der Waals surface area contributed by atoms with Gasteiger partial charge in [-0.15, -0.1) is 12.6 Å². The number of fused-ring (bicyclic) bond motifs is 1. The Morgan fingerprint density at radius 3 is 3.00 bits per heavy atom. The van der Waals surface area contributed by atoms with E-state index in [1.165, 1.54) is 0 Å². The number of hydrogen-bond donors (Lipinski definition) is 2. The Bertz CT molecular complexity index is 410. The van der Waals surface area contributed by atoms with Crippen molar-refractivity contribution < 1.29 is 9.52 Å². The average molecular weight is 181 g/mol. The van der Waals surface area contributed by atoms with Gasteiger partial charge in [-0.05, 0) is 12.1 Å². The maximum Gasteiger partial charge on any atom is 0.221 e. The highest BCUT2D eigenvalue weighted by molar-refractivity contribution is 7.80. The monoisotopic (exact) mass is 181 g/mol. The first-order valence-electron chi connectivity index (χ1n) is 3.49. The second-order valence-electron chi connectivity index (χ2n) is 2.39. The molecule has 1 aromatic heterocycles. The molecule has 2 aromatic rings. The minimum Gasteiger partial charge on any atom is -0.438 e. The lowest BCUT2D eigenvalue weighted by atomic mass is 10.3. The lowest BCUT2D eigenvalue weighted by Crippen LogP contribution is -1.79. The molecule has 2 rings (SSSR count). The van der Waals surface area contributed by atoms with Crippen molar-refractivity contribution >= 4 is 23.7 Å². The fourth-order valence-electron chi connectivity index (χ4n) is 1.05. The number of aliphatic hydroxyl groups excluding tert-OH is 1. The molecule has 0 fully saturated rings. The molecule has 0 aliphatic rings. The van der Waals surface area contributed by atoms with Gasteiger partial charge in [-0.2, -0.15) is 0 Å². The Balaban J connectivity index is 2.74. The van der Waals surface area contributed by atoms with Crippen LogP contribution >= 0.6 is 12.6 Å². The van der Waals surface area contributed by atoms with Gasteiger partial charge in [-0.1, -0.05) is 6.07 Å². The minimum absolute atomic E-state index is 0.179. The second-order valence-corrected chi connectivity index (χ2v) is 2.87. The van der Waals surface area contributed by atoms with Crippen LogP contribution in [0.15, 0.2) is 27.5 Å². The largest absolute Gasteiger partial charge is 0.438 e. The molecule has 0 aliphatic heterocycles. The molecule has 4 heteroatoms. The summed E-state index contributed by atoms with van der Waals surface area (Å²) in [5.41, 5.74) is 1.36. The quantitative estimate of drug-likeness (QED) is 0.657. The van der Waals surface area contributed by atoms with E-state index < -0.39 is 0 Å². The van der Waals surface area contributed by atoms with E-state index in [0.29, 0.717) is 17.0 Å². The summed E-state index contributed by atoms with van der Waals surface area (Å²) in [6.45, 7) is -0.179. The van der Waals surface area contributed by atoms with Crippen molar-refractivity contribution in [2.75, 3.05) is 0 Å². The molecule has 0 unspecified atom stereocenters. The molecular formula is C8H7NO2S. The summed E-state index contributed by atoms with van der Waals surface area (Å²) in [6, 6.07) is 5.45. The van der Waals surface area contributed by atoms with Crippen molar-refractivity contribution in [2.45, 2.75) is 11.5 Å². The van der Waals surface area contributed by atoms with Crippen LogP contribution in [0.25, 0.3) is 11.1 Å². The standard InChI is InChI=1S/C8H7NO2S/c10-4-7-9-8-5(11-7)2-1-3-6(8)12/h1-3,10,12H,4H2. The van der Waals surface area contributed by atoms with E-state index in [0.717, 1.165) is 4.90 Å². The molecule has 3 nitrogen and oxygen atoms in total. The summed E-state index contributed by atoms with van der Waals surface area (Å²) in [5, 5.41) is 8.75.